The molecule has 0 radical (unpaired) electrons. The Kier molecular flexibility index (Phi) is 6.21. The van der Waals surface area contributed by atoms with Crippen molar-refractivity contribution in [3.8, 4) is 5.75 Å². The van der Waals surface area contributed by atoms with Crippen molar-refractivity contribution in [2.75, 3.05) is 32.6 Å². The third kappa shape index (κ3) is 4.64. The zero-order valence-corrected chi connectivity index (χ0v) is 17.0. The van der Waals surface area contributed by atoms with Crippen LogP contribution in [0.2, 0.25) is 5.02 Å². The largest absolute Gasteiger partial charge is 0.493 e. The standard InChI is InChI=1S/C21H24ClN3O3/c1-13-4-6-16(11-17(13)22)24-21(27)20(26)23-12-18(25(2)3)14-5-7-19-15(10-14)8-9-28-19/h4-7,10-11,18H,8-9,12H2,1-3H3,(H,23,26)(H,24,27). The quantitative estimate of drug-likeness (QED) is 0.756. The smallest absolute Gasteiger partial charge is 0.313 e. The van der Waals surface area contributed by atoms with E-state index in [4.69, 9.17) is 16.3 Å². The third-order valence-electron chi connectivity index (χ3n) is 4.81. The maximum Gasteiger partial charge on any atom is 0.313 e. The first kappa shape index (κ1) is 20.2. The van der Waals surface area contributed by atoms with E-state index in [1.54, 1.807) is 18.2 Å². The van der Waals surface area contributed by atoms with Crippen molar-refractivity contribution in [1.29, 1.82) is 0 Å². The van der Waals surface area contributed by atoms with Crippen molar-refractivity contribution in [3.05, 3.63) is 58.1 Å². The second-order valence-corrected chi connectivity index (χ2v) is 7.48. The van der Waals surface area contributed by atoms with Gasteiger partial charge in [-0.3, -0.25) is 9.59 Å². The number of hydrogen-bond acceptors (Lipinski definition) is 4. The molecule has 2 aromatic rings. The molecule has 1 aliphatic rings. The molecule has 28 heavy (non-hydrogen) atoms. The number of amides is 2. The van der Waals surface area contributed by atoms with Gasteiger partial charge in [0.2, 0.25) is 0 Å². The Balaban J connectivity index is 1.62. The minimum atomic E-state index is -0.722. The highest BCUT2D eigenvalue weighted by molar-refractivity contribution is 6.39. The number of carbonyl (C=O) groups excluding carboxylic acids is 2. The molecule has 0 aliphatic carbocycles. The third-order valence-corrected chi connectivity index (χ3v) is 5.22. The van der Waals surface area contributed by atoms with Gasteiger partial charge in [-0.2, -0.15) is 0 Å². The Bertz CT molecular complexity index is 898. The van der Waals surface area contributed by atoms with E-state index >= 15 is 0 Å². The number of carbonyl (C=O) groups is 2. The van der Waals surface area contributed by atoms with Gasteiger partial charge in [0.05, 0.1) is 12.6 Å². The van der Waals surface area contributed by atoms with Crippen molar-refractivity contribution < 1.29 is 14.3 Å². The molecular weight excluding hydrogens is 378 g/mol. The van der Waals surface area contributed by atoms with E-state index in [9.17, 15) is 9.59 Å². The molecule has 3 rings (SSSR count). The van der Waals surface area contributed by atoms with Crippen LogP contribution in [0.5, 0.6) is 5.75 Å². The van der Waals surface area contributed by atoms with Crippen LogP contribution in [0, 0.1) is 6.92 Å². The van der Waals surface area contributed by atoms with Crippen molar-refractivity contribution in [2.45, 2.75) is 19.4 Å². The summed E-state index contributed by atoms with van der Waals surface area (Å²) in [6, 6.07) is 11.1. The Morgan fingerprint density at radius 1 is 1.18 bits per heavy atom. The molecule has 0 saturated carbocycles. The average Bonchev–Trinajstić information content (AvgIpc) is 3.12. The molecule has 0 spiro atoms. The van der Waals surface area contributed by atoms with E-state index < -0.39 is 11.8 Å². The first-order chi connectivity index (χ1) is 13.3. The molecule has 1 unspecified atom stereocenters. The summed E-state index contributed by atoms with van der Waals surface area (Å²) in [5.74, 6) is -0.491. The number of benzene rings is 2. The summed E-state index contributed by atoms with van der Waals surface area (Å²) in [7, 11) is 3.88. The molecule has 148 valence electrons. The van der Waals surface area contributed by atoms with Gasteiger partial charge in [-0.15, -0.1) is 0 Å². The van der Waals surface area contributed by atoms with Crippen LogP contribution in [0.15, 0.2) is 36.4 Å². The number of likely N-dealkylation sites (N-methyl/N-ethyl adjacent to an activating group) is 1. The number of nitrogens with zero attached hydrogens (tertiary/aromatic N) is 1. The summed E-state index contributed by atoms with van der Waals surface area (Å²) in [5.41, 5.74) is 3.63. The number of nitrogens with one attached hydrogen (secondary N) is 2. The zero-order valence-electron chi connectivity index (χ0n) is 16.2. The molecule has 0 saturated heterocycles. The first-order valence-corrected chi connectivity index (χ1v) is 9.50. The number of halogens is 1. The molecule has 1 atom stereocenters. The second-order valence-electron chi connectivity index (χ2n) is 7.07. The molecule has 2 aromatic carbocycles. The lowest BCUT2D eigenvalue weighted by atomic mass is 10.0. The Morgan fingerprint density at radius 2 is 1.96 bits per heavy atom. The lowest BCUT2D eigenvalue weighted by molar-refractivity contribution is -0.136. The molecule has 2 amide bonds. The number of ether oxygens (including phenoxy) is 1. The van der Waals surface area contributed by atoms with Crippen LogP contribution in [0.1, 0.15) is 22.7 Å². The summed E-state index contributed by atoms with van der Waals surface area (Å²) >= 11 is 6.06. The SMILES string of the molecule is Cc1ccc(NC(=O)C(=O)NCC(c2ccc3c(c2)CCO3)N(C)C)cc1Cl. The number of fused-ring (bicyclic) bond motifs is 1. The summed E-state index contributed by atoms with van der Waals surface area (Å²) in [4.78, 5) is 26.4. The van der Waals surface area contributed by atoms with Gasteiger partial charge in [-0.25, -0.2) is 0 Å². The summed E-state index contributed by atoms with van der Waals surface area (Å²) in [5, 5.41) is 5.82. The van der Waals surface area contributed by atoms with Gasteiger partial charge in [0.25, 0.3) is 0 Å². The lowest BCUT2D eigenvalue weighted by Gasteiger charge is -2.25. The zero-order chi connectivity index (χ0) is 20.3. The van der Waals surface area contributed by atoms with E-state index in [1.807, 2.05) is 38.1 Å². The number of aryl methyl sites for hydroxylation is 1. The topological polar surface area (TPSA) is 70.7 Å². The predicted octanol–water partition coefficient (Wildman–Crippen LogP) is 2.94. The van der Waals surface area contributed by atoms with Crippen molar-refractivity contribution in [3.63, 3.8) is 0 Å². The fraction of sp³-hybridized carbons (Fsp3) is 0.333. The minimum absolute atomic E-state index is 0.0588. The van der Waals surface area contributed by atoms with Crippen LogP contribution in [-0.4, -0.2) is 44.0 Å². The Hall–Kier alpha value is -2.57. The van der Waals surface area contributed by atoms with Gasteiger partial charge in [-0.05, 0) is 55.9 Å². The van der Waals surface area contributed by atoms with Crippen LogP contribution in [0.25, 0.3) is 0 Å². The van der Waals surface area contributed by atoms with Crippen LogP contribution in [-0.2, 0) is 16.0 Å². The van der Waals surface area contributed by atoms with Gasteiger partial charge in [0.1, 0.15) is 5.75 Å². The fourth-order valence-corrected chi connectivity index (χ4v) is 3.32. The molecule has 6 nitrogen and oxygen atoms in total. The van der Waals surface area contributed by atoms with E-state index in [1.165, 1.54) is 5.56 Å². The number of hydrogen-bond donors (Lipinski definition) is 2. The molecule has 0 bridgehead atoms. The molecule has 7 heteroatoms. The summed E-state index contributed by atoms with van der Waals surface area (Å²) < 4.78 is 5.55. The molecule has 1 aliphatic heterocycles. The van der Waals surface area contributed by atoms with Crippen molar-refractivity contribution in [1.82, 2.24) is 10.2 Å². The average molecular weight is 402 g/mol. The highest BCUT2D eigenvalue weighted by Gasteiger charge is 2.21. The van der Waals surface area contributed by atoms with Crippen molar-refractivity contribution in [2.24, 2.45) is 0 Å². The monoisotopic (exact) mass is 401 g/mol. The lowest BCUT2D eigenvalue weighted by Crippen LogP contribution is -2.40. The summed E-state index contributed by atoms with van der Waals surface area (Å²) in [6.45, 7) is 2.88. The first-order valence-electron chi connectivity index (χ1n) is 9.12. The fourth-order valence-electron chi connectivity index (χ4n) is 3.14. The van der Waals surface area contributed by atoms with E-state index in [-0.39, 0.29) is 6.04 Å². The van der Waals surface area contributed by atoms with E-state index in [0.717, 1.165) is 23.3 Å². The Labute approximate surface area is 169 Å². The van der Waals surface area contributed by atoms with Crippen molar-refractivity contribution >= 4 is 29.1 Å². The van der Waals surface area contributed by atoms with Gasteiger partial charge in [0, 0.05) is 23.7 Å². The summed E-state index contributed by atoms with van der Waals surface area (Å²) in [6.07, 6.45) is 0.886. The molecule has 0 fully saturated rings. The van der Waals surface area contributed by atoms with Crippen LogP contribution < -0.4 is 15.4 Å². The highest BCUT2D eigenvalue weighted by atomic mass is 35.5. The van der Waals surface area contributed by atoms with Gasteiger partial charge in [-0.1, -0.05) is 29.8 Å². The van der Waals surface area contributed by atoms with Crippen LogP contribution in [0.4, 0.5) is 5.69 Å². The molecule has 1 heterocycles. The van der Waals surface area contributed by atoms with E-state index in [2.05, 4.69) is 16.7 Å². The normalized spacial score (nSPS) is 13.6. The van der Waals surface area contributed by atoms with Gasteiger partial charge in [0.15, 0.2) is 0 Å². The maximum atomic E-state index is 12.3. The minimum Gasteiger partial charge on any atom is -0.493 e. The molecule has 0 aromatic heterocycles. The number of rotatable bonds is 5. The molecular formula is C21H24ClN3O3. The van der Waals surface area contributed by atoms with Gasteiger partial charge < -0.3 is 20.3 Å². The van der Waals surface area contributed by atoms with Gasteiger partial charge >= 0.3 is 11.8 Å². The second kappa shape index (κ2) is 8.63. The van der Waals surface area contributed by atoms with Crippen LogP contribution in [0.3, 0.4) is 0 Å². The predicted molar refractivity (Wildman–Crippen MR) is 110 cm³/mol. The maximum absolute atomic E-state index is 12.3. The van der Waals surface area contributed by atoms with E-state index in [0.29, 0.717) is 23.9 Å². The number of anilines is 1. The highest BCUT2D eigenvalue weighted by Crippen LogP contribution is 2.29. The molecule has 2 N–H and O–H groups in total. The van der Waals surface area contributed by atoms with Crippen LogP contribution >= 0.6 is 11.6 Å². The Morgan fingerprint density at radius 3 is 2.68 bits per heavy atom.